The van der Waals surface area contributed by atoms with Gasteiger partial charge in [-0.3, -0.25) is 4.79 Å². The molecule has 2 aliphatic rings. The maximum Gasteiger partial charge on any atom is 0.238 e. The summed E-state index contributed by atoms with van der Waals surface area (Å²) in [5, 5.41) is 0. The molecule has 0 radical (unpaired) electrons. The summed E-state index contributed by atoms with van der Waals surface area (Å²) in [6, 6.07) is 4.15. The average Bonchev–Trinajstić information content (AvgIpc) is 3.36. The van der Waals surface area contributed by atoms with Crippen LogP contribution in [0.5, 0.6) is 0 Å². The quantitative estimate of drug-likeness (QED) is 0.759. The number of rotatable bonds is 7. The molecule has 2 fully saturated rings. The fraction of sp³-hybridized carbons (Fsp3) is 0.688. The van der Waals surface area contributed by atoms with E-state index in [1.807, 2.05) is 12.1 Å². The van der Waals surface area contributed by atoms with Crippen LogP contribution in [0.3, 0.4) is 0 Å². The molecule has 6 nitrogen and oxygen atoms in total. The van der Waals surface area contributed by atoms with Gasteiger partial charge in [-0.05, 0) is 37.3 Å². The number of furan rings is 1. The molecule has 2 atom stereocenters. The molecule has 3 rings (SSSR count). The van der Waals surface area contributed by atoms with Crippen molar-refractivity contribution in [1.82, 2.24) is 9.21 Å². The lowest BCUT2D eigenvalue weighted by atomic mass is 10.3. The van der Waals surface area contributed by atoms with Crippen LogP contribution in [0.15, 0.2) is 16.5 Å². The Balaban J connectivity index is 1.65. The minimum Gasteiger partial charge on any atom is -0.464 e. The summed E-state index contributed by atoms with van der Waals surface area (Å²) in [6.45, 7) is 2.50. The van der Waals surface area contributed by atoms with Crippen LogP contribution in [0.1, 0.15) is 43.6 Å². The number of hydrogen-bond donors (Lipinski definition) is 0. The van der Waals surface area contributed by atoms with E-state index < -0.39 is 10.0 Å². The predicted molar refractivity (Wildman–Crippen MR) is 86.3 cm³/mol. The Kier molecular flexibility index (Phi) is 4.27. The second-order valence-electron chi connectivity index (χ2n) is 6.90. The van der Waals surface area contributed by atoms with E-state index in [-0.39, 0.29) is 18.5 Å². The lowest BCUT2D eigenvalue weighted by Gasteiger charge is -2.24. The van der Waals surface area contributed by atoms with Gasteiger partial charge in [0, 0.05) is 19.0 Å². The van der Waals surface area contributed by atoms with Crippen molar-refractivity contribution in [2.75, 3.05) is 19.8 Å². The molecule has 23 heavy (non-hydrogen) atoms. The number of carbonyl (C=O) groups excluding carboxylic acids is 1. The molecule has 7 heteroatoms. The third-order valence-electron chi connectivity index (χ3n) is 4.72. The largest absolute Gasteiger partial charge is 0.464 e. The highest BCUT2D eigenvalue weighted by atomic mass is 32.2. The average molecular weight is 340 g/mol. The molecular formula is C16H24N2O4S. The molecule has 1 amide bonds. The minimum atomic E-state index is -3.35. The molecule has 1 aromatic rings. The van der Waals surface area contributed by atoms with Crippen molar-refractivity contribution in [2.45, 2.75) is 44.7 Å². The van der Waals surface area contributed by atoms with E-state index in [2.05, 4.69) is 6.92 Å². The molecule has 128 valence electrons. The summed E-state index contributed by atoms with van der Waals surface area (Å²) < 4.78 is 29.9. The van der Waals surface area contributed by atoms with Crippen LogP contribution in [-0.2, 0) is 21.4 Å². The zero-order valence-electron chi connectivity index (χ0n) is 13.9. The number of nitrogens with zero attached hydrogens (tertiary/aromatic N) is 2. The first kappa shape index (κ1) is 16.5. The summed E-state index contributed by atoms with van der Waals surface area (Å²) in [4.78, 5) is 14.2. The predicted octanol–water partition coefficient (Wildman–Crippen LogP) is 1.79. The maximum atomic E-state index is 12.5. The molecule has 0 aromatic carbocycles. The zero-order chi connectivity index (χ0) is 16.8. The third kappa shape index (κ3) is 3.95. The number of hydrogen-bond acceptors (Lipinski definition) is 4. The monoisotopic (exact) mass is 340 g/mol. The standard InChI is InChI=1S/C16H24N2O4S/c1-11-8-14(11)15-7-6-13(22-15)9-18(12-4-5-12)16(19)10-17(2)23(3,20)21/h6-7,11-12,14H,4-5,8-10H2,1-3H3/t11-,14+/m0/s1. The fourth-order valence-electron chi connectivity index (χ4n) is 2.77. The zero-order valence-corrected chi connectivity index (χ0v) is 14.7. The van der Waals surface area contributed by atoms with Gasteiger partial charge in [0.25, 0.3) is 0 Å². The summed E-state index contributed by atoms with van der Waals surface area (Å²) in [5.74, 6) is 2.81. The Hall–Kier alpha value is -1.34. The lowest BCUT2D eigenvalue weighted by molar-refractivity contribution is -0.132. The summed E-state index contributed by atoms with van der Waals surface area (Å²) in [6.07, 6.45) is 4.22. The molecule has 0 unspecified atom stereocenters. The van der Waals surface area contributed by atoms with Crippen LogP contribution in [-0.4, -0.2) is 49.4 Å². The van der Waals surface area contributed by atoms with E-state index in [1.165, 1.54) is 7.05 Å². The summed E-state index contributed by atoms with van der Waals surface area (Å²) in [5.41, 5.74) is 0. The SMILES string of the molecule is C[C@H]1C[C@H]1c1ccc(CN(C(=O)CN(C)S(C)(=O)=O)C2CC2)o1. The van der Waals surface area contributed by atoms with E-state index in [0.29, 0.717) is 18.4 Å². The highest BCUT2D eigenvalue weighted by molar-refractivity contribution is 7.88. The van der Waals surface area contributed by atoms with Crippen LogP contribution in [0.25, 0.3) is 0 Å². The van der Waals surface area contributed by atoms with E-state index >= 15 is 0 Å². The van der Waals surface area contributed by atoms with E-state index in [0.717, 1.165) is 41.3 Å². The van der Waals surface area contributed by atoms with Crippen molar-refractivity contribution in [3.05, 3.63) is 23.7 Å². The van der Waals surface area contributed by atoms with Crippen molar-refractivity contribution < 1.29 is 17.6 Å². The van der Waals surface area contributed by atoms with Gasteiger partial charge in [-0.1, -0.05) is 6.92 Å². The molecule has 2 aliphatic carbocycles. The Morgan fingerprint density at radius 2 is 2.00 bits per heavy atom. The van der Waals surface area contributed by atoms with Crippen molar-refractivity contribution >= 4 is 15.9 Å². The van der Waals surface area contributed by atoms with Crippen LogP contribution in [0.2, 0.25) is 0 Å². The van der Waals surface area contributed by atoms with Gasteiger partial charge >= 0.3 is 0 Å². The summed E-state index contributed by atoms with van der Waals surface area (Å²) >= 11 is 0. The molecule has 0 aliphatic heterocycles. The molecule has 0 bridgehead atoms. The second-order valence-corrected chi connectivity index (χ2v) is 8.98. The van der Waals surface area contributed by atoms with Crippen LogP contribution in [0, 0.1) is 5.92 Å². The molecule has 1 heterocycles. The van der Waals surface area contributed by atoms with Crippen molar-refractivity contribution in [1.29, 1.82) is 0 Å². The fourth-order valence-corrected chi connectivity index (χ4v) is 3.12. The first-order chi connectivity index (χ1) is 10.8. The second kappa shape index (κ2) is 5.94. The van der Waals surface area contributed by atoms with Crippen molar-refractivity contribution in [3.8, 4) is 0 Å². The topological polar surface area (TPSA) is 70.8 Å². The Morgan fingerprint density at radius 1 is 1.35 bits per heavy atom. The molecular weight excluding hydrogens is 316 g/mol. The van der Waals surface area contributed by atoms with Gasteiger partial charge < -0.3 is 9.32 Å². The number of sulfonamides is 1. The van der Waals surface area contributed by atoms with Gasteiger partial charge in [0.1, 0.15) is 11.5 Å². The van der Waals surface area contributed by atoms with Gasteiger partial charge in [0.2, 0.25) is 15.9 Å². The van der Waals surface area contributed by atoms with Crippen LogP contribution in [0.4, 0.5) is 0 Å². The van der Waals surface area contributed by atoms with E-state index in [1.54, 1.807) is 4.90 Å². The first-order valence-electron chi connectivity index (χ1n) is 8.05. The van der Waals surface area contributed by atoms with Gasteiger partial charge in [-0.15, -0.1) is 0 Å². The first-order valence-corrected chi connectivity index (χ1v) is 9.90. The van der Waals surface area contributed by atoms with Gasteiger partial charge in [0.15, 0.2) is 0 Å². The minimum absolute atomic E-state index is 0.122. The van der Waals surface area contributed by atoms with Crippen molar-refractivity contribution in [2.24, 2.45) is 5.92 Å². The van der Waals surface area contributed by atoms with E-state index in [9.17, 15) is 13.2 Å². The van der Waals surface area contributed by atoms with Crippen LogP contribution >= 0.6 is 0 Å². The smallest absolute Gasteiger partial charge is 0.238 e. The lowest BCUT2D eigenvalue weighted by Crippen LogP contribution is -2.41. The van der Waals surface area contributed by atoms with E-state index in [4.69, 9.17) is 4.42 Å². The van der Waals surface area contributed by atoms with Gasteiger partial charge in [-0.2, -0.15) is 4.31 Å². The molecule has 0 spiro atoms. The Labute approximate surface area is 137 Å². The Morgan fingerprint density at radius 3 is 2.52 bits per heavy atom. The number of carbonyl (C=O) groups is 1. The van der Waals surface area contributed by atoms with Gasteiger partial charge in [0.05, 0.1) is 19.3 Å². The highest BCUT2D eigenvalue weighted by Crippen LogP contribution is 2.47. The van der Waals surface area contributed by atoms with Crippen LogP contribution < -0.4 is 0 Å². The molecule has 2 saturated carbocycles. The summed E-state index contributed by atoms with van der Waals surface area (Å²) in [7, 11) is -1.92. The Bertz CT molecular complexity index is 693. The molecule has 0 N–H and O–H groups in total. The maximum absolute atomic E-state index is 12.5. The van der Waals surface area contributed by atoms with Gasteiger partial charge in [-0.25, -0.2) is 8.42 Å². The molecule has 0 saturated heterocycles. The number of amides is 1. The molecule has 1 aromatic heterocycles. The normalized spacial score (nSPS) is 24.0. The van der Waals surface area contributed by atoms with Crippen molar-refractivity contribution in [3.63, 3.8) is 0 Å². The number of likely N-dealkylation sites (N-methyl/N-ethyl adjacent to an activating group) is 1. The third-order valence-corrected chi connectivity index (χ3v) is 5.98. The highest BCUT2D eigenvalue weighted by Gasteiger charge is 2.37.